The minimum Gasteiger partial charge on any atom is -0.307 e. The van der Waals surface area contributed by atoms with E-state index in [4.69, 9.17) is 0 Å². The third-order valence-corrected chi connectivity index (χ3v) is 4.34. The number of rotatable bonds is 4. The third-order valence-electron chi connectivity index (χ3n) is 4.34. The van der Waals surface area contributed by atoms with Gasteiger partial charge in [0.2, 0.25) is 0 Å². The smallest absolute Gasteiger partial charge is 0.307 e. The van der Waals surface area contributed by atoms with E-state index in [0.717, 1.165) is 12.1 Å². The van der Waals surface area contributed by atoms with Gasteiger partial charge in [-0.05, 0) is 31.4 Å². The van der Waals surface area contributed by atoms with Crippen molar-refractivity contribution in [2.75, 3.05) is 0 Å². The second-order valence-corrected chi connectivity index (χ2v) is 5.94. The lowest BCUT2D eigenvalue weighted by molar-refractivity contribution is -0.183. The van der Waals surface area contributed by atoms with E-state index in [2.05, 4.69) is 15.5 Å². The van der Waals surface area contributed by atoms with Gasteiger partial charge < -0.3 is 5.32 Å². The number of nitrogens with one attached hydrogen (secondary N) is 1. The van der Waals surface area contributed by atoms with Crippen molar-refractivity contribution in [2.45, 2.75) is 44.4 Å². The number of halogens is 3. The normalized spacial score (nSPS) is 22.2. The molecule has 0 aliphatic heterocycles. The zero-order valence-corrected chi connectivity index (χ0v) is 12.6. The maximum absolute atomic E-state index is 12.9. The van der Waals surface area contributed by atoms with Gasteiger partial charge in [0.25, 0.3) is 0 Å². The van der Waals surface area contributed by atoms with Crippen LogP contribution in [0.25, 0.3) is 5.69 Å². The van der Waals surface area contributed by atoms with Crippen LogP contribution in [0.2, 0.25) is 0 Å². The van der Waals surface area contributed by atoms with E-state index in [1.807, 2.05) is 34.9 Å². The van der Waals surface area contributed by atoms with Gasteiger partial charge in [-0.1, -0.05) is 24.6 Å². The summed E-state index contributed by atoms with van der Waals surface area (Å²) >= 11 is 0. The van der Waals surface area contributed by atoms with Crippen LogP contribution in [0.3, 0.4) is 0 Å². The lowest BCUT2D eigenvalue weighted by atomic mass is 9.85. The fourth-order valence-corrected chi connectivity index (χ4v) is 3.09. The van der Waals surface area contributed by atoms with Gasteiger partial charge >= 0.3 is 6.18 Å². The summed E-state index contributed by atoms with van der Waals surface area (Å²) in [4.78, 5) is 0. The zero-order chi connectivity index (χ0) is 16.3. The molecule has 1 aromatic carbocycles. The molecule has 3 rings (SSSR count). The molecule has 23 heavy (non-hydrogen) atoms. The maximum atomic E-state index is 12.9. The Hall–Kier alpha value is -1.89. The molecule has 0 spiro atoms. The summed E-state index contributed by atoms with van der Waals surface area (Å²) in [5, 5.41) is 11.2. The molecule has 0 radical (unpaired) electrons. The van der Waals surface area contributed by atoms with Crippen molar-refractivity contribution in [3.63, 3.8) is 0 Å². The average molecular weight is 324 g/mol. The summed E-state index contributed by atoms with van der Waals surface area (Å²) in [5.74, 6) is -0.494. The number of alkyl halides is 3. The molecule has 1 aromatic heterocycles. The summed E-state index contributed by atoms with van der Waals surface area (Å²) < 4.78 is 40.4. The standard InChI is InChI=1S/C16H19F3N4/c17-16(18,19)12-5-4-6-13(9-12)20-10-15-22-21-11-23(15)14-7-2-1-3-8-14/h1-3,7-8,11-13,20H,4-6,9-10H2/t12-,13-/m0/s1. The van der Waals surface area contributed by atoms with Crippen LogP contribution in [-0.2, 0) is 6.54 Å². The summed E-state index contributed by atoms with van der Waals surface area (Å²) in [6.07, 6.45) is -0.722. The van der Waals surface area contributed by atoms with E-state index < -0.39 is 12.1 Å². The van der Waals surface area contributed by atoms with E-state index in [0.29, 0.717) is 18.8 Å². The highest BCUT2D eigenvalue weighted by molar-refractivity contribution is 5.31. The largest absolute Gasteiger partial charge is 0.391 e. The topological polar surface area (TPSA) is 42.7 Å². The van der Waals surface area contributed by atoms with Crippen LogP contribution in [0.15, 0.2) is 36.7 Å². The minimum absolute atomic E-state index is 0.128. The highest BCUT2D eigenvalue weighted by Gasteiger charge is 2.42. The quantitative estimate of drug-likeness (QED) is 0.936. The molecular formula is C16H19F3N4. The Kier molecular flexibility index (Phi) is 4.66. The molecule has 1 N–H and O–H groups in total. The lowest BCUT2D eigenvalue weighted by Crippen LogP contribution is -2.38. The molecule has 1 aliphatic rings. The van der Waals surface area contributed by atoms with E-state index >= 15 is 0 Å². The van der Waals surface area contributed by atoms with E-state index in [1.54, 1.807) is 6.33 Å². The fraction of sp³-hybridized carbons (Fsp3) is 0.500. The van der Waals surface area contributed by atoms with Crippen LogP contribution in [0.1, 0.15) is 31.5 Å². The van der Waals surface area contributed by atoms with E-state index in [9.17, 15) is 13.2 Å². The van der Waals surface area contributed by atoms with Crippen molar-refractivity contribution in [3.8, 4) is 5.69 Å². The molecule has 1 aliphatic carbocycles. The molecule has 4 nitrogen and oxygen atoms in total. The molecule has 2 atom stereocenters. The van der Waals surface area contributed by atoms with Gasteiger partial charge in [-0.15, -0.1) is 10.2 Å². The number of hydrogen-bond acceptors (Lipinski definition) is 3. The summed E-state index contributed by atoms with van der Waals surface area (Å²) in [6.45, 7) is 0.407. The van der Waals surface area contributed by atoms with E-state index in [1.165, 1.54) is 0 Å². The van der Waals surface area contributed by atoms with Gasteiger partial charge in [-0.25, -0.2) is 0 Å². The molecule has 1 heterocycles. The first-order chi connectivity index (χ1) is 11.0. The molecular weight excluding hydrogens is 305 g/mol. The Labute approximate surface area is 132 Å². The molecule has 0 bridgehead atoms. The maximum Gasteiger partial charge on any atom is 0.391 e. The van der Waals surface area contributed by atoms with Gasteiger partial charge in [0, 0.05) is 11.7 Å². The van der Waals surface area contributed by atoms with Gasteiger partial charge in [-0.3, -0.25) is 4.57 Å². The van der Waals surface area contributed by atoms with Crippen LogP contribution in [0.4, 0.5) is 13.2 Å². The summed E-state index contributed by atoms with van der Waals surface area (Å²) in [6, 6.07) is 9.51. The monoisotopic (exact) mass is 324 g/mol. The van der Waals surface area contributed by atoms with Crippen molar-refractivity contribution >= 4 is 0 Å². The molecule has 0 unspecified atom stereocenters. The van der Waals surface area contributed by atoms with Crippen molar-refractivity contribution in [2.24, 2.45) is 5.92 Å². The summed E-state index contributed by atoms with van der Waals surface area (Å²) in [7, 11) is 0. The first kappa shape index (κ1) is 16.0. The lowest BCUT2D eigenvalue weighted by Gasteiger charge is -2.31. The highest BCUT2D eigenvalue weighted by atomic mass is 19.4. The molecule has 0 amide bonds. The van der Waals surface area contributed by atoms with E-state index in [-0.39, 0.29) is 18.9 Å². The predicted molar refractivity (Wildman–Crippen MR) is 80.0 cm³/mol. The molecule has 2 aromatic rings. The zero-order valence-electron chi connectivity index (χ0n) is 12.6. The number of hydrogen-bond donors (Lipinski definition) is 1. The fourth-order valence-electron chi connectivity index (χ4n) is 3.09. The molecule has 0 saturated heterocycles. The Morgan fingerprint density at radius 2 is 1.96 bits per heavy atom. The highest BCUT2D eigenvalue weighted by Crippen LogP contribution is 2.37. The van der Waals surface area contributed by atoms with Crippen LogP contribution >= 0.6 is 0 Å². The number of benzene rings is 1. The Morgan fingerprint density at radius 1 is 1.17 bits per heavy atom. The minimum atomic E-state index is -4.09. The Bertz CT molecular complexity index is 624. The first-order valence-electron chi connectivity index (χ1n) is 7.78. The van der Waals surface area contributed by atoms with Gasteiger partial charge in [0.1, 0.15) is 6.33 Å². The first-order valence-corrected chi connectivity index (χ1v) is 7.78. The van der Waals surface area contributed by atoms with Gasteiger partial charge in [0.05, 0.1) is 12.5 Å². The van der Waals surface area contributed by atoms with Crippen LogP contribution < -0.4 is 5.32 Å². The molecule has 1 fully saturated rings. The third kappa shape index (κ3) is 3.90. The van der Waals surface area contributed by atoms with Crippen LogP contribution in [-0.4, -0.2) is 27.0 Å². The molecule has 1 saturated carbocycles. The van der Waals surface area contributed by atoms with Crippen LogP contribution in [0.5, 0.6) is 0 Å². The van der Waals surface area contributed by atoms with Crippen molar-refractivity contribution in [1.82, 2.24) is 20.1 Å². The van der Waals surface area contributed by atoms with Crippen molar-refractivity contribution in [1.29, 1.82) is 0 Å². The second-order valence-electron chi connectivity index (χ2n) is 5.94. The number of nitrogens with zero attached hydrogens (tertiary/aromatic N) is 3. The van der Waals surface area contributed by atoms with Gasteiger partial charge in [0.15, 0.2) is 5.82 Å². The number of para-hydroxylation sites is 1. The Balaban J connectivity index is 1.62. The van der Waals surface area contributed by atoms with Crippen molar-refractivity contribution in [3.05, 3.63) is 42.5 Å². The van der Waals surface area contributed by atoms with Crippen LogP contribution in [0, 0.1) is 5.92 Å². The average Bonchev–Trinajstić information content (AvgIpc) is 3.02. The Morgan fingerprint density at radius 3 is 2.70 bits per heavy atom. The predicted octanol–water partition coefficient (Wildman–Crippen LogP) is 3.48. The molecule has 7 heteroatoms. The molecule has 124 valence electrons. The second kappa shape index (κ2) is 6.70. The SMILES string of the molecule is FC(F)(F)[C@H]1CCC[C@H](NCc2nncn2-c2ccccc2)C1. The summed E-state index contributed by atoms with van der Waals surface area (Å²) in [5.41, 5.74) is 0.936. The van der Waals surface area contributed by atoms with Crippen molar-refractivity contribution < 1.29 is 13.2 Å². The number of aromatic nitrogens is 3. The van der Waals surface area contributed by atoms with Gasteiger partial charge in [-0.2, -0.15) is 13.2 Å².